The number of piperidine rings is 1. The smallest absolute Gasteiger partial charge is 0.475 e. The van der Waals surface area contributed by atoms with Crippen LogP contribution in [0, 0.1) is 17.8 Å². The minimum atomic E-state index is -5.08. The molecule has 3 saturated heterocycles. The molecule has 0 radical (unpaired) electrons. The van der Waals surface area contributed by atoms with E-state index in [2.05, 4.69) is 29.2 Å². The van der Waals surface area contributed by atoms with Gasteiger partial charge in [-0.2, -0.15) is 13.2 Å². The van der Waals surface area contributed by atoms with E-state index < -0.39 is 12.1 Å². The molecule has 1 aromatic rings. The van der Waals surface area contributed by atoms with Crippen molar-refractivity contribution < 1.29 is 37.2 Å². The maximum Gasteiger partial charge on any atom is 0.490 e. The van der Waals surface area contributed by atoms with Crippen molar-refractivity contribution >= 4 is 17.8 Å². The number of carboxylic acid groups (broad SMARTS) is 1. The number of rotatable bonds is 4. The van der Waals surface area contributed by atoms with Gasteiger partial charge in [-0.1, -0.05) is 19.0 Å². The van der Waals surface area contributed by atoms with E-state index in [1.165, 1.54) is 0 Å². The molecule has 2 atom stereocenters. The second kappa shape index (κ2) is 9.44. The van der Waals surface area contributed by atoms with Crippen LogP contribution in [0.1, 0.15) is 61.7 Å². The van der Waals surface area contributed by atoms with E-state index in [-0.39, 0.29) is 23.3 Å². The molecule has 0 aromatic carbocycles. The number of hydrogen-bond donors (Lipinski definition) is 2. The van der Waals surface area contributed by atoms with Crippen LogP contribution in [0.5, 0.6) is 0 Å². The number of halogens is 3. The summed E-state index contributed by atoms with van der Waals surface area (Å²) in [5.41, 5.74) is 0.280. The Morgan fingerprint density at radius 3 is 2.43 bits per heavy atom. The van der Waals surface area contributed by atoms with E-state index in [0.29, 0.717) is 36.5 Å². The number of nitrogens with one attached hydrogen (secondary N) is 1. The summed E-state index contributed by atoms with van der Waals surface area (Å²) in [6.07, 6.45) is -1.17. The summed E-state index contributed by atoms with van der Waals surface area (Å²) in [7, 11) is 0. The number of likely N-dealkylation sites (tertiary alicyclic amines) is 2. The topological polar surface area (TPSA) is 116 Å². The van der Waals surface area contributed by atoms with Crippen LogP contribution in [-0.4, -0.2) is 82.3 Å². The lowest BCUT2D eigenvalue weighted by molar-refractivity contribution is -0.192. The molecule has 12 heteroatoms. The number of carbonyl (C=O) groups excluding carboxylic acids is 2. The normalized spacial score (nSPS) is 25.9. The van der Waals surface area contributed by atoms with E-state index in [9.17, 15) is 22.8 Å². The van der Waals surface area contributed by atoms with Gasteiger partial charge >= 0.3 is 12.1 Å². The first-order valence-corrected chi connectivity index (χ1v) is 12.0. The highest BCUT2D eigenvalue weighted by Crippen LogP contribution is 2.44. The molecular weight excluding hydrogens is 469 g/mol. The molecule has 0 bridgehead atoms. The Morgan fingerprint density at radius 1 is 1.26 bits per heavy atom. The van der Waals surface area contributed by atoms with Crippen LogP contribution in [-0.2, 0) is 9.59 Å². The molecular formula is C23H31F3N4O5. The third-order valence-corrected chi connectivity index (χ3v) is 7.35. The van der Waals surface area contributed by atoms with Gasteiger partial charge in [0.25, 0.3) is 5.91 Å². The molecule has 0 unspecified atom stereocenters. The number of aliphatic carboxylic acids is 1. The van der Waals surface area contributed by atoms with Crippen LogP contribution in [0.4, 0.5) is 13.2 Å². The minimum Gasteiger partial charge on any atom is -0.475 e. The fraction of sp³-hybridized carbons (Fsp3) is 0.739. The molecule has 3 aliphatic heterocycles. The third-order valence-electron chi connectivity index (χ3n) is 7.35. The zero-order valence-corrected chi connectivity index (χ0v) is 19.8. The van der Waals surface area contributed by atoms with Crippen LogP contribution in [0.3, 0.4) is 0 Å². The van der Waals surface area contributed by atoms with Crippen LogP contribution in [0.25, 0.3) is 0 Å². The number of carbonyl (C=O) groups is 3. The van der Waals surface area contributed by atoms with Crippen molar-refractivity contribution in [3.8, 4) is 0 Å². The summed E-state index contributed by atoms with van der Waals surface area (Å²) in [4.78, 5) is 38.7. The number of nitrogens with zero attached hydrogens (tertiary/aromatic N) is 3. The Balaban J connectivity index is 0.000000364. The Labute approximate surface area is 201 Å². The lowest BCUT2D eigenvalue weighted by Gasteiger charge is -2.42. The van der Waals surface area contributed by atoms with E-state index >= 15 is 0 Å². The van der Waals surface area contributed by atoms with Gasteiger partial charge < -0.3 is 24.7 Å². The largest absolute Gasteiger partial charge is 0.490 e. The summed E-state index contributed by atoms with van der Waals surface area (Å²) in [5.74, 6) is -0.199. The van der Waals surface area contributed by atoms with Crippen molar-refractivity contribution in [2.45, 2.75) is 57.2 Å². The number of aromatic nitrogens is 1. The third kappa shape index (κ3) is 5.46. The number of hydrogen-bond acceptors (Lipinski definition) is 6. The van der Waals surface area contributed by atoms with Crippen LogP contribution in [0.15, 0.2) is 10.6 Å². The van der Waals surface area contributed by atoms with Crippen LogP contribution in [0.2, 0.25) is 0 Å². The summed E-state index contributed by atoms with van der Waals surface area (Å²) >= 11 is 0. The fourth-order valence-corrected chi connectivity index (χ4v) is 5.52. The monoisotopic (exact) mass is 500 g/mol. The molecule has 2 N–H and O–H groups in total. The van der Waals surface area contributed by atoms with Gasteiger partial charge in [0.15, 0.2) is 5.69 Å². The molecule has 4 fully saturated rings. The Kier molecular flexibility index (Phi) is 6.87. The average Bonchev–Trinajstić information content (AvgIpc) is 3.25. The number of amides is 2. The summed E-state index contributed by atoms with van der Waals surface area (Å²) < 4.78 is 37.1. The lowest BCUT2D eigenvalue weighted by atomic mass is 9.75. The zero-order chi connectivity index (χ0) is 25.5. The molecule has 1 aliphatic carbocycles. The molecule has 1 spiro atoms. The second-order valence-electron chi connectivity index (χ2n) is 10.5. The number of carboxylic acids is 1. The first kappa shape index (κ1) is 25.5. The van der Waals surface area contributed by atoms with Crippen molar-refractivity contribution in [2.75, 3.05) is 32.7 Å². The van der Waals surface area contributed by atoms with Crippen molar-refractivity contribution in [2.24, 2.45) is 17.8 Å². The quantitative estimate of drug-likeness (QED) is 0.653. The van der Waals surface area contributed by atoms with E-state index in [4.69, 9.17) is 14.4 Å². The summed E-state index contributed by atoms with van der Waals surface area (Å²) in [6.45, 7) is 8.71. The highest BCUT2D eigenvalue weighted by Gasteiger charge is 2.57. The van der Waals surface area contributed by atoms with Crippen LogP contribution >= 0.6 is 0 Å². The van der Waals surface area contributed by atoms with Gasteiger partial charge in [-0.15, -0.1) is 0 Å². The highest BCUT2D eigenvalue weighted by atomic mass is 19.4. The second-order valence-corrected chi connectivity index (χ2v) is 10.5. The Hall–Kier alpha value is -2.63. The number of fused-ring (bicyclic) bond motifs is 2. The SMILES string of the molecule is CC(C)CN1C[C@H]2C(=O)NC3(CCN(C(=O)c4cc(C5CC5)on4)CC3)[C@H]2C1.O=C(O)C(F)(F)F. The van der Waals surface area contributed by atoms with Crippen molar-refractivity contribution in [1.82, 2.24) is 20.3 Å². The maximum atomic E-state index is 12.8. The van der Waals surface area contributed by atoms with Crippen molar-refractivity contribution in [1.29, 1.82) is 0 Å². The average molecular weight is 501 g/mol. The van der Waals surface area contributed by atoms with Crippen molar-refractivity contribution in [3.05, 3.63) is 17.5 Å². The molecule has 35 heavy (non-hydrogen) atoms. The van der Waals surface area contributed by atoms with Crippen molar-refractivity contribution in [3.63, 3.8) is 0 Å². The molecule has 2 amide bonds. The first-order valence-electron chi connectivity index (χ1n) is 12.0. The van der Waals surface area contributed by atoms with Gasteiger partial charge in [-0.3, -0.25) is 9.59 Å². The predicted molar refractivity (Wildman–Crippen MR) is 116 cm³/mol. The molecule has 1 saturated carbocycles. The van der Waals surface area contributed by atoms with Crippen LogP contribution < -0.4 is 5.32 Å². The predicted octanol–water partition coefficient (Wildman–Crippen LogP) is 2.49. The molecule has 9 nitrogen and oxygen atoms in total. The molecule has 4 heterocycles. The summed E-state index contributed by atoms with van der Waals surface area (Å²) in [5, 5.41) is 14.5. The Morgan fingerprint density at radius 2 is 1.89 bits per heavy atom. The minimum absolute atomic E-state index is 0.0424. The highest BCUT2D eigenvalue weighted by molar-refractivity contribution is 5.92. The van der Waals surface area contributed by atoms with E-state index in [0.717, 1.165) is 51.1 Å². The Bertz CT molecular complexity index is 967. The molecule has 1 aromatic heterocycles. The van der Waals surface area contributed by atoms with Gasteiger partial charge in [0, 0.05) is 56.2 Å². The fourth-order valence-electron chi connectivity index (χ4n) is 5.52. The molecule has 5 rings (SSSR count). The van der Waals surface area contributed by atoms with Gasteiger partial charge in [-0.25, -0.2) is 4.79 Å². The van der Waals surface area contributed by atoms with Gasteiger partial charge in [0.2, 0.25) is 5.91 Å². The van der Waals surface area contributed by atoms with Gasteiger partial charge in [-0.05, 0) is 31.6 Å². The molecule has 194 valence electrons. The zero-order valence-electron chi connectivity index (χ0n) is 19.8. The number of alkyl halides is 3. The lowest BCUT2D eigenvalue weighted by Crippen LogP contribution is -2.56. The van der Waals surface area contributed by atoms with E-state index in [1.807, 2.05) is 11.0 Å². The maximum absolute atomic E-state index is 12.8. The molecule has 4 aliphatic rings. The standard InChI is InChI=1S/C21H30N4O3.C2HF3O2/c1-13(2)10-24-11-15-16(12-24)21(22-19(15)26)5-7-25(8-6-21)20(27)17-9-18(28-23-17)14-3-4-14;3-2(4,5)1(6)7/h9,13-16H,3-8,10-12H2,1-2H3,(H,22,26);(H,6,7)/t15-,16+;/m1./s1. The first-order chi connectivity index (χ1) is 16.4. The van der Waals surface area contributed by atoms with Gasteiger partial charge in [0.1, 0.15) is 5.76 Å². The summed E-state index contributed by atoms with van der Waals surface area (Å²) in [6, 6.07) is 1.82. The van der Waals surface area contributed by atoms with E-state index in [1.54, 1.807) is 0 Å². The van der Waals surface area contributed by atoms with Gasteiger partial charge in [0.05, 0.1) is 5.92 Å².